The van der Waals surface area contributed by atoms with Gasteiger partial charge in [-0.15, -0.1) is 0 Å². The van der Waals surface area contributed by atoms with Gasteiger partial charge in [0.25, 0.3) is 0 Å². The van der Waals surface area contributed by atoms with E-state index in [1.165, 1.54) is 0 Å². The quantitative estimate of drug-likeness (QED) is 0.884. The molecule has 4 nitrogen and oxygen atoms in total. The molecule has 0 spiro atoms. The van der Waals surface area contributed by atoms with Gasteiger partial charge in [-0.2, -0.15) is 0 Å². The number of nitrogens with two attached hydrogens (primary N) is 1. The van der Waals surface area contributed by atoms with Crippen LogP contribution in [0.25, 0.3) is 0 Å². The summed E-state index contributed by atoms with van der Waals surface area (Å²) in [5, 5.41) is 0. The van der Waals surface area contributed by atoms with Gasteiger partial charge in [-0.05, 0) is 12.0 Å². The molecule has 1 fully saturated rings. The third-order valence-corrected chi connectivity index (χ3v) is 4.88. The monoisotopic (exact) mass is 318 g/mol. The molecule has 1 saturated heterocycles. The molecule has 0 saturated carbocycles. The second-order valence-electron chi connectivity index (χ2n) is 6.20. The van der Waals surface area contributed by atoms with Crippen molar-refractivity contribution in [2.24, 2.45) is 5.73 Å². The fraction of sp³-hybridized carbons (Fsp3) is 0.200. The summed E-state index contributed by atoms with van der Waals surface area (Å²) in [7, 11) is 0. The molecule has 120 valence electrons. The molecule has 2 atom stereocenters. The van der Waals surface area contributed by atoms with Crippen LogP contribution in [0.3, 0.4) is 0 Å². The van der Waals surface area contributed by atoms with Crippen LogP contribution in [-0.2, 0) is 0 Å². The van der Waals surface area contributed by atoms with Gasteiger partial charge in [0.15, 0.2) is 0 Å². The Morgan fingerprint density at radius 1 is 0.917 bits per heavy atom. The predicted octanol–water partition coefficient (Wildman–Crippen LogP) is 3.07. The van der Waals surface area contributed by atoms with Crippen LogP contribution in [-0.4, -0.2) is 22.5 Å². The summed E-state index contributed by atoms with van der Waals surface area (Å²) in [6.07, 6.45) is 0.888. The molecule has 0 radical (unpaired) electrons. The van der Waals surface area contributed by atoms with E-state index >= 15 is 0 Å². The number of hydrogen-bond donors (Lipinski definition) is 1. The van der Waals surface area contributed by atoms with Crippen molar-refractivity contribution in [3.8, 4) is 0 Å². The molecule has 1 aliphatic carbocycles. The van der Waals surface area contributed by atoms with Crippen molar-refractivity contribution >= 4 is 11.6 Å². The Balaban J connectivity index is 1.78. The average molecular weight is 318 g/mol. The Bertz CT molecular complexity index is 870. The van der Waals surface area contributed by atoms with Crippen LogP contribution < -0.4 is 5.73 Å². The molecule has 0 amide bonds. The summed E-state index contributed by atoms with van der Waals surface area (Å²) in [5.74, 6) is -0.409. The van der Waals surface area contributed by atoms with E-state index in [0.29, 0.717) is 16.8 Å². The number of ketones is 2. The number of Topliss-reactive ketones (excluding diaryl/α,β-unsaturated/α-hetero) is 2. The summed E-state index contributed by atoms with van der Waals surface area (Å²) in [5.41, 5.74) is 8.50. The summed E-state index contributed by atoms with van der Waals surface area (Å²) in [4.78, 5) is 27.5. The predicted molar refractivity (Wildman–Crippen MR) is 91.4 cm³/mol. The number of carbonyl (C=O) groups is 2. The number of nitrogens with zero attached hydrogens (tertiary/aromatic N) is 1. The molecule has 2 aromatic carbocycles. The molecule has 2 aromatic rings. The third-order valence-electron chi connectivity index (χ3n) is 4.88. The van der Waals surface area contributed by atoms with Gasteiger partial charge >= 0.3 is 0 Å². The van der Waals surface area contributed by atoms with Crippen LogP contribution >= 0.6 is 0 Å². The first kappa shape index (κ1) is 14.7. The highest BCUT2D eigenvalue weighted by Crippen LogP contribution is 2.50. The maximum absolute atomic E-state index is 13.0. The Morgan fingerprint density at radius 3 is 2.12 bits per heavy atom. The lowest BCUT2D eigenvalue weighted by molar-refractivity contribution is 0.0956. The molecular weight excluding hydrogens is 300 g/mol. The Hall–Kier alpha value is -2.88. The first-order valence-corrected chi connectivity index (χ1v) is 8.16. The summed E-state index contributed by atoms with van der Waals surface area (Å²) in [6, 6.07) is 17.2. The SMILES string of the molecule is CC[C@H]1[C@@H](c2ccccc2)N1C1=C(N)C(=O)c2ccccc2C1=O. The molecule has 0 aromatic heterocycles. The lowest BCUT2D eigenvalue weighted by atomic mass is 9.90. The van der Waals surface area contributed by atoms with Gasteiger partial charge in [0, 0.05) is 11.1 Å². The lowest BCUT2D eigenvalue weighted by Crippen LogP contribution is -2.30. The van der Waals surface area contributed by atoms with E-state index in [0.717, 1.165) is 12.0 Å². The van der Waals surface area contributed by atoms with Gasteiger partial charge in [0.2, 0.25) is 11.6 Å². The zero-order valence-electron chi connectivity index (χ0n) is 13.4. The number of carbonyl (C=O) groups excluding carboxylic acids is 2. The van der Waals surface area contributed by atoms with E-state index < -0.39 is 0 Å². The smallest absolute Gasteiger partial charge is 0.212 e. The molecule has 4 heteroatoms. The molecule has 24 heavy (non-hydrogen) atoms. The summed E-state index contributed by atoms with van der Waals surface area (Å²) < 4.78 is 0. The van der Waals surface area contributed by atoms with Gasteiger partial charge in [0.1, 0.15) is 11.4 Å². The topological polar surface area (TPSA) is 63.2 Å². The van der Waals surface area contributed by atoms with Crippen molar-refractivity contribution in [1.29, 1.82) is 0 Å². The largest absolute Gasteiger partial charge is 0.394 e. The first-order valence-electron chi connectivity index (χ1n) is 8.16. The number of benzene rings is 2. The van der Waals surface area contributed by atoms with Crippen LogP contribution in [0, 0.1) is 0 Å². The summed E-state index contributed by atoms with van der Waals surface area (Å²) in [6.45, 7) is 2.08. The minimum absolute atomic E-state index is 0.0654. The van der Waals surface area contributed by atoms with E-state index in [9.17, 15) is 9.59 Å². The molecule has 2 N–H and O–H groups in total. The van der Waals surface area contributed by atoms with Gasteiger partial charge < -0.3 is 10.6 Å². The van der Waals surface area contributed by atoms with Crippen molar-refractivity contribution in [2.75, 3.05) is 0 Å². The highest BCUT2D eigenvalue weighted by molar-refractivity contribution is 6.26. The maximum atomic E-state index is 13.0. The normalized spacial score (nSPS) is 22.6. The fourth-order valence-electron chi connectivity index (χ4n) is 3.68. The lowest BCUT2D eigenvalue weighted by Gasteiger charge is -2.20. The number of allylic oxidation sites excluding steroid dienone is 2. The zero-order chi connectivity index (χ0) is 16.8. The van der Waals surface area contributed by atoms with E-state index in [1.807, 2.05) is 35.2 Å². The fourth-order valence-corrected chi connectivity index (χ4v) is 3.68. The highest BCUT2D eigenvalue weighted by Gasteiger charge is 2.52. The van der Waals surface area contributed by atoms with E-state index in [1.54, 1.807) is 24.3 Å². The summed E-state index contributed by atoms with van der Waals surface area (Å²) >= 11 is 0. The van der Waals surface area contributed by atoms with Crippen LogP contribution in [0.15, 0.2) is 66.0 Å². The second kappa shape index (κ2) is 5.34. The van der Waals surface area contributed by atoms with Gasteiger partial charge in [0.05, 0.1) is 12.1 Å². The molecule has 4 rings (SSSR count). The van der Waals surface area contributed by atoms with Crippen LogP contribution in [0.2, 0.25) is 0 Å². The standard InChI is InChI=1S/C20H18N2O2/c1-2-15-17(12-8-4-3-5-9-12)22(15)18-16(21)19(23)13-10-6-7-11-14(13)20(18)24/h3-11,15,17H,2,21H2,1H3/t15-,17+,22?/m0/s1. The van der Waals surface area contributed by atoms with Crippen molar-refractivity contribution in [3.63, 3.8) is 0 Å². The third kappa shape index (κ3) is 1.99. The van der Waals surface area contributed by atoms with Crippen LogP contribution in [0.4, 0.5) is 0 Å². The molecule has 1 heterocycles. The Morgan fingerprint density at radius 2 is 1.50 bits per heavy atom. The number of hydrogen-bond acceptors (Lipinski definition) is 4. The zero-order valence-corrected chi connectivity index (χ0v) is 13.4. The van der Waals surface area contributed by atoms with Crippen LogP contribution in [0.1, 0.15) is 45.7 Å². The van der Waals surface area contributed by atoms with E-state index in [4.69, 9.17) is 5.73 Å². The van der Waals surface area contributed by atoms with Crippen molar-refractivity contribution < 1.29 is 9.59 Å². The van der Waals surface area contributed by atoms with Gasteiger partial charge in [-0.3, -0.25) is 9.59 Å². The minimum Gasteiger partial charge on any atom is -0.394 e. The van der Waals surface area contributed by atoms with Crippen molar-refractivity contribution in [1.82, 2.24) is 4.90 Å². The minimum atomic E-state index is -0.256. The van der Waals surface area contributed by atoms with Crippen LogP contribution in [0.5, 0.6) is 0 Å². The second-order valence-corrected chi connectivity index (χ2v) is 6.20. The highest BCUT2D eigenvalue weighted by atomic mass is 16.1. The van der Waals surface area contributed by atoms with E-state index in [2.05, 4.69) is 6.92 Å². The van der Waals surface area contributed by atoms with Gasteiger partial charge in [-0.1, -0.05) is 61.5 Å². The molecular formula is C20H18N2O2. The number of rotatable bonds is 3. The molecule has 0 unspecified atom stereocenters. The number of fused-ring (bicyclic) bond motifs is 1. The van der Waals surface area contributed by atoms with Crippen molar-refractivity contribution in [2.45, 2.75) is 25.4 Å². The Kier molecular flexibility index (Phi) is 3.27. The van der Waals surface area contributed by atoms with Crippen molar-refractivity contribution in [3.05, 3.63) is 82.7 Å². The molecule has 2 aliphatic rings. The Labute approximate surface area is 140 Å². The van der Waals surface area contributed by atoms with E-state index in [-0.39, 0.29) is 29.3 Å². The molecule has 0 bridgehead atoms. The van der Waals surface area contributed by atoms with Gasteiger partial charge in [-0.25, -0.2) is 0 Å². The average Bonchev–Trinajstić information content (AvgIpc) is 3.35. The first-order chi connectivity index (χ1) is 11.6. The maximum Gasteiger partial charge on any atom is 0.212 e. The molecule has 1 aliphatic heterocycles.